The standard InChI is InChI=1S/C16H27NS/c1-12-7-5-8-14(13(12)2)17-11-16(3,4)15-9-6-10-18-15/h6,9-10,12-14,17H,5,7-8,11H2,1-4H3. The maximum absolute atomic E-state index is 3.84. The van der Waals surface area contributed by atoms with Crippen LogP contribution < -0.4 is 5.32 Å². The number of rotatable bonds is 4. The Morgan fingerprint density at radius 3 is 2.78 bits per heavy atom. The Balaban J connectivity index is 1.91. The van der Waals surface area contributed by atoms with Gasteiger partial charge in [-0.15, -0.1) is 11.3 Å². The second-order valence-electron chi connectivity index (χ2n) is 6.62. The molecule has 1 aromatic heterocycles. The molecular formula is C16H27NS. The Kier molecular flexibility index (Phi) is 4.50. The topological polar surface area (TPSA) is 12.0 Å². The van der Waals surface area contributed by atoms with Gasteiger partial charge in [-0.05, 0) is 29.7 Å². The lowest BCUT2D eigenvalue weighted by atomic mass is 9.77. The highest BCUT2D eigenvalue weighted by molar-refractivity contribution is 7.10. The van der Waals surface area contributed by atoms with Crippen molar-refractivity contribution < 1.29 is 0 Å². The van der Waals surface area contributed by atoms with Crippen molar-refractivity contribution in [1.82, 2.24) is 5.32 Å². The third-order valence-corrected chi connectivity index (χ3v) is 5.94. The Hall–Kier alpha value is -0.340. The van der Waals surface area contributed by atoms with E-state index in [4.69, 9.17) is 0 Å². The summed E-state index contributed by atoms with van der Waals surface area (Å²) in [7, 11) is 0. The smallest absolute Gasteiger partial charge is 0.0115 e. The van der Waals surface area contributed by atoms with Crippen molar-refractivity contribution in [2.75, 3.05) is 6.54 Å². The molecule has 0 aliphatic heterocycles. The van der Waals surface area contributed by atoms with Crippen LogP contribution in [0.4, 0.5) is 0 Å². The lowest BCUT2D eigenvalue weighted by molar-refractivity contribution is 0.200. The first-order chi connectivity index (χ1) is 8.50. The van der Waals surface area contributed by atoms with Gasteiger partial charge in [-0.25, -0.2) is 0 Å². The van der Waals surface area contributed by atoms with Gasteiger partial charge in [0.25, 0.3) is 0 Å². The van der Waals surface area contributed by atoms with Gasteiger partial charge in [0.05, 0.1) is 0 Å². The fraction of sp³-hybridized carbons (Fsp3) is 0.750. The summed E-state index contributed by atoms with van der Waals surface area (Å²) in [5.74, 6) is 1.69. The van der Waals surface area contributed by atoms with E-state index < -0.39 is 0 Å². The summed E-state index contributed by atoms with van der Waals surface area (Å²) in [6, 6.07) is 5.14. The van der Waals surface area contributed by atoms with Crippen molar-refractivity contribution >= 4 is 11.3 Å². The van der Waals surface area contributed by atoms with Gasteiger partial charge in [0, 0.05) is 22.9 Å². The summed E-state index contributed by atoms with van der Waals surface area (Å²) in [5, 5.41) is 6.02. The molecule has 102 valence electrons. The highest BCUT2D eigenvalue weighted by Crippen LogP contribution is 2.31. The first-order valence-electron chi connectivity index (χ1n) is 7.28. The zero-order chi connectivity index (χ0) is 13.2. The molecule has 1 N–H and O–H groups in total. The van der Waals surface area contributed by atoms with Crippen LogP contribution in [-0.2, 0) is 5.41 Å². The molecule has 1 fully saturated rings. The van der Waals surface area contributed by atoms with Gasteiger partial charge in [-0.1, -0.05) is 46.6 Å². The van der Waals surface area contributed by atoms with E-state index >= 15 is 0 Å². The summed E-state index contributed by atoms with van der Waals surface area (Å²) in [4.78, 5) is 1.49. The predicted molar refractivity (Wildman–Crippen MR) is 81.3 cm³/mol. The first-order valence-corrected chi connectivity index (χ1v) is 8.16. The highest BCUT2D eigenvalue weighted by Gasteiger charge is 2.29. The lowest BCUT2D eigenvalue weighted by Crippen LogP contribution is -2.45. The zero-order valence-corrected chi connectivity index (χ0v) is 13.0. The summed E-state index contributed by atoms with van der Waals surface area (Å²) >= 11 is 1.88. The van der Waals surface area contributed by atoms with Gasteiger partial charge in [0.1, 0.15) is 0 Å². The van der Waals surface area contributed by atoms with E-state index in [0.717, 1.165) is 18.4 Å². The van der Waals surface area contributed by atoms with Crippen LogP contribution in [0.2, 0.25) is 0 Å². The minimum absolute atomic E-state index is 0.259. The van der Waals surface area contributed by atoms with Gasteiger partial charge in [0.2, 0.25) is 0 Å². The first kappa shape index (κ1) is 14.1. The fourth-order valence-corrected chi connectivity index (χ4v) is 3.86. The van der Waals surface area contributed by atoms with Crippen molar-refractivity contribution in [3.8, 4) is 0 Å². The lowest BCUT2D eigenvalue weighted by Gasteiger charge is -2.37. The Labute approximate surface area is 116 Å². The van der Waals surface area contributed by atoms with E-state index in [2.05, 4.69) is 50.5 Å². The van der Waals surface area contributed by atoms with E-state index in [0.29, 0.717) is 6.04 Å². The van der Waals surface area contributed by atoms with E-state index in [9.17, 15) is 0 Å². The number of thiophene rings is 1. The Bertz CT molecular complexity index is 355. The summed E-state index contributed by atoms with van der Waals surface area (Å²) in [6.07, 6.45) is 4.16. The molecule has 1 heterocycles. The van der Waals surface area contributed by atoms with Crippen LogP contribution in [0, 0.1) is 11.8 Å². The van der Waals surface area contributed by atoms with Crippen LogP contribution in [0.25, 0.3) is 0 Å². The maximum Gasteiger partial charge on any atom is 0.0115 e. The van der Waals surface area contributed by atoms with Gasteiger partial charge >= 0.3 is 0 Å². The SMILES string of the molecule is CC1CCCC(NCC(C)(C)c2cccs2)C1C. The van der Waals surface area contributed by atoms with E-state index in [-0.39, 0.29) is 5.41 Å². The second kappa shape index (κ2) is 5.75. The fourth-order valence-electron chi connectivity index (χ4n) is 3.01. The molecule has 1 saturated carbocycles. The summed E-state index contributed by atoms with van der Waals surface area (Å²) in [6.45, 7) is 10.6. The Morgan fingerprint density at radius 2 is 2.11 bits per heavy atom. The van der Waals surface area contributed by atoms with Gasteiger partial charge < -0.3 is 5.32 Å². The van der Waals surface area contributed by atoms with Crippen LogP contribution in [-0.4, -0.2) is 12.6 Å². The zero-order valence-electron chi connectivity index (χ0n) is 12.2. The van der Waals surface area contributed by atoms with E-state index in [1.807, 2.05) is 11.3 Å². The molecule has 0 saturated heterocycles. The average molecular weight is 265 g/mol. The molecule has 0 spiro atoms. The molecule has 2 heteroatoms. The monoisotopic (exact) mass is 265 g/mol. The molecule has 2 rings (SSSR count). The second-order valence-corrected chi connectivity index (χ2v) is 7.56. The molecule has 0 aromatic carbocycles. The number of nitrogens with one attached hydrogen (secondary N) is 1. The average Bonchev–Trinajstić information content (AvgIpc) is 2.85. The summed E-state index contributed by atoms with van der Waals surface area (Å²) < 4.78 is 0. The highest BCUT2D eigenvalue weighted by atomic mass is 32.1. The van der Waals surface area contributed by atoms with Crippen molar-refractivity contribution in [3.05, 3.63) is 22.4 Å². The van der Waals surface area contributed by atoms with Gasteiger partial charge in [0.15, 0.2) is 0 Å². The molecule has 3 unspecified atom stereocenters. The molecule has 18 heavy (non-hydrogen) atoms. The largest absolute Gasteiger partial charge is 0.313 e. The molecule has 1 nitrogen and oxygen atoms in total. The van der Waals surface area contributed by atoms with Crippen LogP contribution in [0.3, 0.4) is 0 Å². The third-order valence-electron chi connectivity index (χ3n) is 4.70. The molecule has 1 aliphatic rings. The quantitative estimate of drug-likeness (QED) is 0.848. The molecule has 1 aliphatic carbocycles. The van der Waals surface area contributed by atoms with E-state index in [1.165, 1.54) is 24.1 Å². The molecule has 0 radical (unpaired) electrons. The van der Waals surface area contributed by atoms with Crippen molar-refractivity contribution in [2.45, 2.75) is 58.4 Å². The summed E-state index contributed by atoms with van der Waals surface area (Å²) in [5.41, 5.74) is 0.259. The molecule has 1 aromatic rings. The number of hydrogen-bond acceptors (Lipinski definition) is 2. The van der Waals surface area contributed by atoms with Crippen molar-refractivity contribution in [1.29, 1.82) is 0 Å². The number of hydrogen-bond donors (Lipinski definition) is 1. The Morgan fingerprint density at radius 1 is 1.33 bits per heavy atom. The van der Waals surface area contributed by atoms with Crippen molar-refractivity contribution in [3.63, 3.8) is 0 Å². The molecule has 0 amide bonds. The van der Waals surface area contributed by atoms with Gasteiger partial charge in [-0.2, -0.15) is 0 Å². The minimum atomic E-state index is 0.259. The predicted octanol–water partition coefficient (Wildman–Crippen LogP) is 4.44. The normalized spacial score (nSPS) is 29.4. The van der Waals surface area contributed by atoms with Crippen LogP contribution in [0.5, 0.6) is 0 Å². The molecule has 0 bridgehead atoms. The third kappa shape index (κ3) is 3.16. The minimum Gasteiger partial charge on any atom is -0.313 e. The maximum atomic E-state index is 3.84. The molecule has 3 atom stereocenters. The van der Waals surface area contributed by atoms with Crippen molar-refractivity contribution in [2.24, 2.45) is 11.8 Å². The van der Waals surface area contributed by atoms with Crippen LogP contribution in [0.1, 0.15) is 51.8 Å². The van der Waals surface area contributed by atoms with Crippen LogP contribution in [0.15, 0.2) is 17.5 Å². The van der Waals surface area contributed by atoms with Gasteiger partial charge in [-0.3, -0.25) is 0 Å². The van der Waals surface area contributed by atoms with E-state index in [1.54, 1.807) is 0 Å². The molecular weight excluding hydrogens is 238 g/mol. The van der Waals surface area contributed by atoms with Crippen LogP contribution >= 0.6 is 11.3 Å².